The van der Waals surface area contributed by atoms with E-state index in [1.807, 2.05) is 53.4 Å². The summed E-state index contributed by atoms with van der Waals surface area (Å²) in [4.78, 5) is 21.8. The molecule has 3 aromatic rings. The quantitative estimate of drug-likeness (QED) is 0.560. The molecule has 2 aromatic carbocycles. The molecular weight excluding hydrogens is 384 g/mol. The Morgan fingerprint density at radius 3 is 1.93 bits per heavy atom. The summed E-state index contributed by atoms with van der Waals surface area (Å²) in [7, 11) is 3.27. The van der Waals surface area contributed by atoms with Crippen molar-refractivity contribution in [1.29, 1.82) is 0 Å². The van der Waals surface area contributed by atoms with Gasteiger partial charge in [0.15, 0.2) is 0 Å². The molecule has 0 spiro atoms. The monoisotopic (exact) mass is 408 g/mol. The van der Waals surface area contributed by atoms with Gasteiger partial charge in [0.1, 0.15) is 11.5 Å². The Bertz CT molecular complexity index is 912. The summed E-state index contributed by atoms with van der Waals surface area (Å²) in [5, 5.41) is 11.2. The summed E-state index contributed by atoms with van der Waals surface area (Å²) in [6, 6.07) is 17.3. The highest BCUT2D eigenvalue weighted by Gasteiger charge is 2.13. The van der Waals surface area contributed by atoms with Crippen molar-refractivity contribution in [2.75, 3.05) is 19.1 Å². The van der Waals surface area contributed by atoms with E-state index in [4.69, 9.17) is 14.6 Å². The molecule has 0 aliphatic rings. The molecule has 0 fully saturated rings. The fourth-order valence-electron chi connectivity index (χ4n) is 2.90. The third kappa shape index (κ3) is 5.84. The zero-order valence-corrected chi connectivity index (χ0v) is 16.9. The van der Waals surface area contributed by atoms with Gasteiger partial charge >= 0.3 is 6.09 Å². The third-order valence-electron chi connectivity index (χ3n) is 4.47. The van der Waals surface area contributed by atoms with Crippen molar-refractivity contribution in [2.45, 2.75) is 19.6 Å². The van der Waals surface area contributed by atoms with Crippen LogP contribution in [0.4, 0.5) is 10.7 Å². The van der Waals surface area contributed by atoms with Crippen molar-refractivity contribution < 1.29 is 19.4 Å². The standard InChI is InChI=1S/C22H24N4O4/c1-29-19-7-3-16(4-8-19)14-26(15-17-5-9-20(30-2)10-6-17)21-23-12-11-18(25-21)13-24-22(27)28/h3-12,24H,13-15H2,1-2H3,(H,27,28). The predicted octanol–water partition coefficient (Wildman–Crippen LogP) is 3.47. The zero-order valence-electron chi connectivity index (χ0n) is 16.9. The average Bonchev–Trinajstić information content (AvgIpc) is 2.78. The Kier molecular flexibility index (Phi) is 7.05. The van der Waals surface area contributed by atoms with Crippen LogP contribution >= 0.6 is 0 Å². The van der Waals surface area contributed by atoms with Gasteiger partial charge in [0, 0.05) is 19.3 Å². The van der Waals surface area contributed by atoms with Crippen LogP contribution in [-0.2, 0) is 19.6 Å². The molecule has 1 heterocycles. The highest BCUT2D eigenvalue weighted by molar-refractivity contribution is 5.64. The molecule has 8 heteroatoms. The molecule has 1 aromatic heterocycles. The number of carbonyl (C=O) groups is 1. The van der Waals surface area contributed by atoms with E-state index < -0.39 is 6.09 Å². The lowest BCUT2D eigenvalue weighted by molar-refractivity contribution is 0.194. The zero-order chi connectivity index (χ0) is 21.3. The lowest BCUT2D eigenvalue weighted by Crippen LogP contribution is -2.26. The Morgan fingerprint density at radius 2 is 1.47 bits per heavy atom. The minimum Gasteiger partial charge on any atom is -0.497 e. The second kappa shape index (κ2) is 10.1. The summed E-state index contributed by atoms with van der Waals surface area (Å²) in [6.45, 7) is 1.27. The molecule has 0 aliphatic heterocycles. The fourth-order valence-corrected chi connectivity index (χ4v) is 2.90. The first kappa shape index (κ1) is 20.9. The molecule has 156 valence electrons. The number of anilines is 1. The first-order valence-corrected chi connectivity index (χ1v) is 9.37. The van der Waals surface area contributed by atoms with Crippen LogP contribution in [0.3, 0.4) is 0 Å². The number of benzene rings is 2. The van der Waals surface area contributed by atoms with Crippen molar-refractivity contribution in [3.05, 3.63) is 77.6 Å². The van der Waals surface area contributed by atoms with Gasteiger partial charge in [-0.2, -0.15) is 0 Å². The number of aromatic nitrogens is 2. The fraction of sp³-hybridized carbons (Fsp3) is 0.227. The molecule has 0 saturated carbocycles. The van der Waals surface area contributed by atoms with Gasteiger partial charge in [-0.05, 0) is 41.5 Å². The van der Waals surface area contributed by atoms with Crippen molar-refractivity contribution in [1.82, 2.24) is 15.3 Å². The van der Waals surface area contributed by atoms with Crippen LogP contribution in [0.25, 0.3) is 0 Å². The number of hydrogen-bond acceptors (Lipinski definition) is 6. The summed E-state index contributed by atoms with van der Waals surface area (Å²) in [5.41, 5.74) is 2.74. The number of carboxylic acid groups (broad SMARTS) is 1. The summed E-state index contributed by atoms with van der Waals surface area (Å²) in [5.74, 6) is 2.10. The van der Waals surface area contributed by atoms with Gasteiger partial charge in [0.25, 0.3) is 0 Å². The number of hydrogen-bond donors (Lipinski definition) is 2. The second-order valence-electron chi connectivity index (χ2n) is 6.56. The summed E-state index contributed by atoms with van der Waals surface area (Å²) >= 11 is 0. The van der Waals surface area contributed by atoms with Gasteiger partial charge < -0.3 is 24.8 Å². The largest absolute Gasteiger partial charge is 0.497 e. The lowest BCUT2D eigenvalue weighted by atomic mass is 10.1. The smallest absolute Gasteiger partial charge is 0.404 e. The third-order valence-corrected chi connectivity index (χ3v) is 4.47. The van der Waals surface area contributed by atoms with Gasteiger partial charge in [0.2, 0.25) is 5.95 Å². The number of ether oxygens (including phenoxy) is 2. The van der Waals surface area contributed by atoms with E-state index in [0.29, 0.717) is 24.7 Å². The van der Waals surface area contributed by atoms with Gasteiger partial charge in [-0.3, -0.25) is 0 Å². The van der Waals surface area contributed by atoms with Crippen LogP contribution in [0.2, 0.25) is 0 Å². The van der Waals surface area contributed by atoms with Crippen molar-refractivity contribution in [3.8, 4) is 11.5 Å². The molecule has 0 aliphatic carbocycles. The first-order valence-electron chi connectivity index (χ1n) is 9.37. The highest BCUT2D eigenvalue weighted by atomic mass is 16.5. The Morgan fingerprint density at radius 1 is 0.933 bits per heavy atom. The maximum atomic E-state index is 10.8. The van der Waals surface area contributed by atoms with Crippen molar-refractivity contribution >= 4 is 12.0 Å². The van der Waals surface area contributed by atoms with Crippen LogP contribution in [0.15, 0.2) is 60.8 Å². The minimum absolute atomic E-state index is 0.115. The molecule has 3 rings (SSSR count). The van der Waals surface area contributed by atoms with Gasteiger partial charge in [0.05, 0.1) is 26.5 Å². The van der Waals surface area contributed by atoms with Crippen LogP contribution in [-0.4, -0.2) is 35.4 Å². The number of amides is 1. The van der Waals surface area contributed by atoms with Crippen LogP contribution in [0.5, 0.6) is 11.5 Å². The molecule has 8 nitrogen and oxygen atoms in total. The molecule has 0 radical (unpaired) electrons. The van der Waals surface area contributed by atoms with E-state index in [0.717, 1.165) is 22.6 Å². The predicted molar refractivity (Wildman–Crippen MR) is 113 cm³/mol. The van der Waals surface area contributed by atoms with E-state index in [2.05, 4.69) is 15.3 Å². The van der Waals surface area contributed by atoms with Gasteiger partial charge in [-0.15, -0.1) is 0 Å². The molecule has 1 amide bonds. The molecular formula is C22H24N4O4. The van der Waals surface area contributed by atoms with Crippen molar-refractivity contribution in [3.63, 3.8) is 0 Å². The maximum Gasteiger partial charge on any atom is 0.404 e. The van der Waals surface area contributed by atoms with E-state index >= 15 is 0 Å². The molecule has 0 atom stereocenters. The van der Waals surface area contributed by atoms with Crippen LogP contribution < -0.4 is 19.7 Å². The second-order valence-corrected chi connectivity index (χ2v) is 6.56. The molecule has 0 bridgehead atoms. The molecule has 30 heavy (non-hydrogen) atoms. The Labute approximate surface area is 175 Å². The first-order chi connectivity index (χ1) is 14.6. The minimum atomic E-state index is -1.09. The number of nitrogens with zero attached hydrogens (tertiary/aromatic N) is 3. The topological polar surface area (TPSA) is 96.8 Å². The average molecular weight is 408 g/mol. The van der Waals surface area contributed by atoms with Crippen molar-refractivity contribution in [2.24, 2.45) is 0 Å². The number of methoxy groups -OCH3 is 2. The van der Waals surface area contributed by atoms with Crippen LogP contribution in [0.1, 0.15) is 16.8 Å². The molecule has 0 saturated heterocycles. The van der Waals surface area contributed by atoms with E-state index in [1.165, 1.54) is 0 Å². The Hall–Kier alpha value is -3.81. The van der Waals surface area contributed by atoms with Gasteiger partial charge in [-0.25, -0.2) is 14.8 Å². The van der Waals surface area contributed by atoms with Crippen LogP contribution in [0, 0.1) is 0 Å². The van der Waals surface area contributed by atoms with E-state index in [-0.39, 0.29) is 6.54 Å². The number of rotatable bonds is 9. The number of nitrogens with one attached hydrogen (secondary N) is 1. The maximum absolute atomic E-state index is 10.8. The SMILES string of the molecule is COc1ccc(CN(Cc2ccc(OC)cc2)c2nccc(CNC(=O)O)n2)cc1. The van der Waals surface area contributed by atoms with Gasteiger partial charge in [-0.1, -0.05) is 24.3 Å². The highest BCUT2D eigenvalue weighted by Crippen LogP contribution is 2.20. The Balaban J connectivity index is 1.85. The van der Waals surface area contributed by atoms with E-state index in [1.54, 1.807) is 26.5 Å². The normalized spacial score (nSPS) is 10.3. The molecule has 0 unspecified atom stereocenters. The summed E-state index contributed by atoms with van der Waals surface area (Å²) in [6.07, 6.45) is 0.541. The van der Waals surface area contributed by atoms with E-state index in [9.17, 15) is 4.79 Å². The summed E-state index contributed by atoms with van der Waals surface area (Å²) < 4.78 is 10.5. The molecule has 2 N–H and O–H groups in total. The lowest BCUT2D eigenvalue weighted by Gasteiger charge is -2.23.